The van der Waals surface area contributed by atoms with Gasteiger partial charge in [0.2, 0.25) is 11.8 Å². The number of aliphatic carboxylic acids is 1. The van der Waals surface area contributed by atoms with Crippen LogP contribution < -0.4 is 10.6 Å². The van der Waals surface area contributed by atoms with Gasteiger partial charge in [0, 0.05) is 32.4 Å². The van der Waals surface area contributed by atoms with Crippen molar-refractivity contribution in [2.24, 2.45) is 0 Å². The molecule has 19 heavy (non-hydrogen) atoms. The van der Waals surface area contributed by atoms with Crippen LogP contribution in [0.2, 0.25) is 0 Å². The number of nitrogens with one attached hydrogen (secondary N) is 2. The van der Waals surface area contributed by atoms with E-state index in [2.05, 4.69) is 10.6 Å². The lowest BCUT2D eigenvalue weighted by atomic mass is 10.1. The summed E-state index contributed by atoms with van der Waals surface area (Å²) < 4.78 is 0. The van der Waals surface area contributed by atoms with Crippen LogP contribution in [0.15, 0.2) is 0 Å². The van der Waals surface area contributed by atoms with E-state index < -0.39 is 5.97 Å². The molecule has 3 N–H and O–H groups in total. The molecule has 0 saturated carbocycles. The Balaban J connectivity index is 3.48. The first-order chi connectivity index (χ1) is 8.91. The number of carboxylic acid groups (broad SMARTS) is 1. The summed E-state index contributed by atoms with van der Waals surface area (Å²) in [5.74, 6) is -0.929. The molecule has 2 amide bonds. The highest BCUT2D eigenvalue weighted by molar-refractivity contribution is 5.76. The van der Waals surface area contributed by atoms with Gasteiger partial charge in [0.1, 0.15) is 0 Å². The third kappa shape index (κ3) is 12.7. The Morgan fingerprint density at radius 3 is 2.37 bits per heavy atom. The fourth-order valence-electron chi connectivity index (χ4n) is 1.61. The maximum Gasteiger partial charge on any atom is 0.303 e. The van der Waals surface area contributed by atoms with E-state index in [1.54, 1.807) is 6.92 Å². The number of rotatable bonds is 10. The zero-order valence-corrected chi connectivity index (χ0v) is 11.7. The highest BCUT2D eigenvalue weighted by Crippen LogP contribution is 2.01. The number of carboxylic acids is 1. The molecule has 6 heteroatoms. The van der Waals surface area contributed by atoms with Crippen molar-refractivity contribution in [1.29, 1.82) is 0 Å². The van der Waals surface area contributed by atoms with E-state index in [4.69, 9.17) is 5.11 Å². The molecule has 0 aliphatic rings. The summed E-state index contributed by atoms with van der Waals surface area (Å²) >= 11 is 0. The van der Waals surface area contributed by atoms with Gasteiger partial charge in [-0.25, -0.2) is 0 Å². The molecule has 0 radical (unpaired) electrons. The molecule has 0 heterocycles. The van der Waals surface area contributed by atoms with Crippen LogP contribution >= 0.6 is 0 Å². The number of hydrogen-bond donors (Lipinski definition) is 3. The lowest BCUT2D eigenvalue weighted by molar-refractivity contribution is -0.137. The van der Waals surface area contributed by atoms with E-state index in [0.29, 0.717) is 19.4 Å². The third-order valence-electron chi connectivity index (χ3n) is 2.65. The average molecular weight is 272 g/mol. The first kappa shape index (κ1) is 17.4. The van der Waals surface area contributed by atoms with Crippen molar-refractivity contribution >= 4 is 17.8 Å². The Labute approximate surface area is 113 Å². The molecule has 0 saturated heterocycles. The second-order valence-corrected chi connectivity index (χ2v) is 4.69. The van der Waals surface area contributed by atoms with E-state index in [-0.39, 0.29) is 24.3 Å². The second kappa shape index (κ2) is 10.3. The highest BCUT2D eigenvalue weighted by atomic mass is 16.4. The maximum atomic E-state index is 11.5. The van der Waals surface area contributed by atoms with Gasteiger partial charge in [-0.15, -0.1) is 0 Å². The van der Waals surface area contributed by atoms with Crippen molar-refractivity contribution in [3.05, 3.63) is 0 Å². The summed E-state index contributed by atoms with van der Waals surface area (Å²) in [5.41, 5.74) is 0. The molecule has 1 unspecified atom stereocenters. The Bertz CT molecular complexity index is 305. The second-order valence-electron chi connectivity index (χ2n) is 4.69. The Hall–Kier alpha value is -1.59. The largest absolute Gasteiger partial charge is 0.481 e. The summed E-state index contributed by atoms with van der Waals surface area (Å²) in [4.78, 5) is 32.5. The van der Waals surface area contributed by atoms with Gasteiger partial charge in [0.05, 0.1) is 0 Å². The minimum absolute atomic E-state index is 0.0370. The molecule has 0 aromatic carbocycles. The predicted octanol–water partition coefficient (Wildman–Crippen LogP) is 1.05. The molecule has 0 fully saturated rings. The fourth-order valence-corrected chi connectivity index (χ4v) is 1.61. The van der Waals surface area contributed by atoms with Crippen LogP contribution in [0.3, 0.4) is 0 Å². The molecular weight excluding hydrogens is 248 g/mol. The quantitative estimate of drug-likeness (QED) is 0.518. The van der Waals surface area contributed by atoms with Crippen LogP contribution in [0, 0.1) is 0 Å². The van der Waals surface area contributed by atoms with Crippen molar-refractivity contribution in [2.45, 2.75) is 58.4 Å². The van der Waals surface area contributed by atoms with E-state index in [1.165, 1.54) is 6.92 Å². The van der Waals surface area contributed by atoms with Gasteiger partial charge in [0.15, 0.2) is 0 Å². The monoisotopic (exact) mass is 272 g/mol. The standard InChI is InChI=1S/C13H24N2O4/c1-10(7-8-13(18)19)15-12(17)6-4-3-5-9-14-11(2)16/h10H,3-9H2,1-2H3,(H,14,16)(H,15,17)(H,18,19). The third-order valence-corrected chi connectivity index (χ3v) is 2.65. The summed E-state index contributed by atoms with van der Waals surface area (Å²) in [6.07, 6.45) is 3.48. The number of carbonyl (C=O) groups excluding carboxylic acids is 2. The Kier molecular flexibility index (Phi) is 9.48. The fraction of sp³-hybridized carbons (Fsp3) is 0.769. The molecule has 0 bridgehead atoms. The molecule has 0 aliphatic heterocycles. The zero-order valence-electron chi connectivity index (χ0n) is 11.7. The highest BCUT2D eigenvalue weighted by Gasteiger charge is 2.08. The lowest BCUT2D eigenvalue weighted by Crippen LogP contribution is -2.32. The molecule has 110 valence electrons. The summed E-state index contributed by atoms with van der Waals surface area (Å²) in [5, 5.41) is 14.0. The SMILES string of the molecule is CC(=O)NCCCCCC(=O)NC(C)CCC(=O)O. The minimum atomic E-state index is -0.848. The van der Waals surface area contributed by atoms with Gasteiger partial charge in [-0.3, -0.25) is 14.4 Å². The normalized spacial score (nSPS) is 11.7. The van der Waals surface area contributed by atoms with Gasteiger partial charge in [-0.05, 0) is 26.2 Å². The summed E-state index contributed by atoms with van der Waals surface area (Å²) in [6.45, 7) is 3.93. The van der Waals surface area contributed by atoms with E-state index >= 15 is 0 Å². The Morgan fingerprint density at radius 1 is 1.11 bits per heavy atom. The number of hydrogen-bond acceptors (Lipinski definition) is 3. The molecular formula is C13H24N2O4. The van der Waals surface area contributed by atoms with Crippen LogP contribution in [0.4, 0.5) is 0 Å². The van der Waals surface area contributed by atoms with E-state index in [0.717, 1.165) is 19.3 Å². The van der Waals surface area contributed by atoms with Crippen LogP contribution in [0.5, 0.6) is 0 Å². The van der Waals surface area contributed by atoms with Gasteiger partial charge in [-0.1, -0.05) is 6.42 Å². The van der Waals surface area contributed by atoms with Crippen LogP contribution in [-0.4, -0.2) is 35.5 Å². The predicted molar refractivity (Wildman–Crippen MR) is 71.6 cm³/mol. The van der Waals surface area contributed by atoms with Gasteiger partial charge < -0.3 is 15.7 Å². The molecule has 0 aliphatic carbocycles. The molecule has 0 spiro atoms. The van der Waals surface area contributed by atoms with E-state index in [9.17, 15) is 14.4 Å². The zero-order chi connectivity index (χ0) is 14.7. The van der Waals surface area contributed by atoms with Crippen molar-refractivity contribution < 1.29 is 19.5 Å². The first-order valence-corrected chi connectivity index (χ1v) is 6.67. The number of unbranched alkanes of at least 4 members (excludes halogenated alkanes) is 2. The van der Waals surface area contributed by atoms with Crippen LogP contribution in [0.25, 0.3) is 0 Å². The molecule has 6 nitrogen and oxygen atoms in total. The van der Waals surface area contributed by atoms with Gasteiger partial charge >= 0.3 is 5.97 Å². The van der Waals surface area contributed by atoms with Crippen molar-refractivity contribution in [2.75, 3.05) is 6.54 Å². The van der Waals surface area contributed by atoms with Crippen LogP contribution in [-0.2, 0) is 14.4 Å². The minimum Gasteiger partial charge on any atom is -0.481 e. The summed E-state index contributed by atoms with van der Waals surface area (Å²) in [6, 6.07) is -0.108. The topological polar surface area (TPSA) is 95.5 Å². The van der Waals surface area contributed by atoms with Crippen molar-refractivity contribution in [3.63, 3.8) is 0 Å². The molecule has 1 atom stereocenters. The Morgan fingerprint density at radius 2 is 1.79 bits per heavy atom. The van der Waals surface area contributed by atoms with E-state index in [1.807, 2.05) is 0 Å². The maximum absolute atomic E-state index is 11.5. The van der Waals surface area contributed by atoms with Crippen molar-refractivity contribution in [3.8, 4) is 0 Å². The van der Waals surface area contributed by atoms with Gasteiger partial charge in [-0.2, -0.15) is 0 Å². The lowest BCUT2D eigenvalue weighted by Gasteiger charge is -2.12. The molecule has 0 aromatic heterocycles. The average Bonchev–Trinajstić information content (AvgIpc) is 2.30. The van der Waals surface area contributed by atoms with Crippen LogP contribution in [0.1, 0.15) is 52.4 Å². The number of amides is 2. The smallest absolute Gasteiger partial charge is 0.303 e. The van der Waals surface area contributed by atoms with Gasteiger partial charge in [0.25, 0.3) is 0 Å². The first-order valence-electron chi connectivity index (χ1n) is 6.67. The number of carbonyl (C=O) groups is 3. The molecule has 0 aromatic rings. The van der Waals surface area contributed by atoms with Crippen molar-refractivity contribution in [1.82, 2.24) is 10.6 Å². The molecule has 0 rings (SSSR count). The summed E-state index contributed by atoms with van der Waals surface area (Å²) in [7, 11) is 0.